The Labute approximate surface area is 208 Å². The molecule has 7 heteroatoms. The van der Waals surface area contributed by atoms with E-state index in [9.17, 15) is 9.59 Å². The van der Waals surface area contributed by atoms with Gasteiger partial charge >= 0.3 is 0 Å². The van der Waals surface area contributed by atoms with E-state index in [4.69, 9.17) is 13.9 Å². The number of amides is 1. The minimum Gasteiger partial charge on any atom is -0.490 e. The number of hydrogen-bond acceptors (Lipinski definition) is 6. The molecule has 0 spiro atoms. The number of hydrogen-bond donors (Lipinski definition) is 0. The fourth-order valence-electron chi connectivity index (χ4n) is 4.53. The molecular formula is C29H26N2O5. The average molecular weight is 483 g/mol. The third kappa shape index (κ3) is 3.92. The summed E-state index contributed by atoms with van der Waals surface area (Å²) in [7, 11) is 0. The first-order chi connectivity index (χ1) is 17.4. The normalized spacial score (nSPS) is 14.7. The maximum absolute atomic E-state index is 13.8. The Hall–Kier alpha value is -4.39. The minimum absolute atomic E-state index is 0.0228. The van der Waals surface area contributed by atoms with E-state index in [1.807, 2.05) is 45.0 Å². The fraction of sp³-hybridized carbons (Fsp3) is 0.207. The van der Waals surface area contributed by atoms with Crippen molar-refractivity contribution in [3.8, 4) is 11.5 Å². The molecule has 0 radical (unpaired) electrons. The molecule has 36 heavy (non-hydrogen) atoms. The lowest BCUT2D eigenvalue weighted by molar-refractivity contribution is 0.0970. The molecular weight excluding hydrogens is 456 g/mol. The van der Waals surface area contributed by atoms with E-state index in [0.717, 1.165) is 11.3 Å². The van der Waals surface area contributed by atoms with E-state index >= 15 is 0 Å². The molecule has 1 atom stereocenters. The van der Waals surface area contributed by atoms with Crippen molar-refractivity contribution in [1.29, 1.82) is 0 Å². The van der Waals surface area contributed by atoms with Crippen LogP contribution in [0.25, 0.3) is 11.0 Å². The lowest BCUT2D eigenvalue weighted by Crippen LogP contribution is -2.30. The highest BCUT2D eigenvalue weighted by atomic mass is 16.5. The van der Waals surface area contributed by atoms with Crippen molar-refractivity contribution in [1.82, 2.24) is 4.98 Å². The van der Waals surface area contributed by atoms with Crippen LogP contribution in [0.2, 0.25) is 0 Å². The van der Waals surface area contributed by atoms with Crippen LogP contribution in [-0.2, 0) is 0 Å². The molecule has 3 heterocycles. The summed E-state index contributed by atoms with van der Waals surface area (Å²) < 4.78 is 17.7. The van der Waals surface area contributed by atoms with Crippen LogP contribution in [0.1, 0.15) is 45.9 Å². The van der Waals surface area contributed by atoms with Crippen molar-refractivity contribution in [2.45, 2.75) is 26.8 Å². The zero-order valence-electron chi connectivity index (χ0n) is 20.4. The quantitative estimate of drug-likeness (QED) is 0.323. The van der Waals surface area contributed by atoms with Gasteiger partial charge in [-0.1, -0.05) is 36.4 Å². The highest BCUT2D eigenvalue weighted by Crippen LogP contribution is 2.43. The molecule has 0 N–H and O–H groups in total. The number of nitrogens with zero attached hydrogens (tertiary/aromatic N) is 2. The highest BCUT2D eigenvalue weighted by Gasteiger charge is 2.44. The molecule has 0 aliphatic carbocycles. The topological polar surface area (TPSA) is 81.9 Å². The number of ether oxygens (including phenoxy) is 2. The van der Waals surface area contributed by atoms with Crippen LogP contribution in [-0.4, -0.2) is 24.1 Å². The number of aromatic nitrogens is 1. The number of carbonyl (C=O) groups excluding carboxylic acids is 1. The van der Waals surface area contributed by atoms with Gasteiger partial charge < -0.3 is 13.9 Å². The van der Waals surface area contributed by atoms with Crippen LogP contribution in [0, 0.1) is 13.8 Å². The van der Waals surface area contributed by atoms with Gasteiger partial charge in [-0.15, -0.1) is 0 Å². The summed E-state index contributed by atoms with van der Waals surface area (Å²) >= 11 is 0. The number of rotatable bonds is 7. The lowest BCUT2D eigenvalue weighted by Gasteiger charge is -2.25. The summed E-state index contributed by atoms with van der Waals surface area (Å²) in [6, 6.07) is 15.5. The van der Waals surface area contributed by atoms with Crippen LogP contribution in [0.15, 0.2) is 76.5 Å². The average Bonchev–Trinajstić information content (AvgIpc) is 3.16. The van der Waals surface area contributed by atoms with Crippen molar-refractivity contribution in [2.24, 2.45) is 0 Å². The van der Waals surface area contributed by atoms with Crippen LogP contribution >= 0.6 is 0 Å². The molecule has 1 aliphatic rings. The maximum atomic E-state index is 13.8. The van der Waals surface area contributed by atoms with Crippen LogP contribution in [0.5, 0.6) is 11.5 Å². The molecule has 0 bridgehead atoms. The van der Waals surface area contributed by atoms with Gasteiger partial charge in [-0.2, -0.15) is 0 Å². The van der Waals surface area contributed by atoms with Crippen LogP contribution in [0.3, 0.4) is 0 Å². The van der Waals surface area contributed by atoms with E-state index in [-0.39, 0.29) is 16.8 Å². The number of pyridine rings is 1. The first-order valence-corrected chi connectivity index (χ1v) is 11.8. The Morgan fingerprint density at radius 2 is 1.89 bits per heavy atom. The van der Waals surface area contributed by atoms with Gasteiger partial charge in [0.25, 0.3) is 5.91 Å². The summed E-state index contributed by atoms with van der Waals surface area (Å²) in [4.78, 5) is 33.7. The Balaban J connectivity index is 1.76. The molecule has 5 rings (SSSR count). The standard InChI is InChI=1S/C29H26N2O5/c1-5-14-35-22-13-11-19(16-23(22)34-6-2)26-25-27(32)20-15-17(3)10-12-21(20)36-28(25)29(33)31(26)24-9-7-8-18(4)30-24/h5,7-13,15-16,26H,1,6,14H2,2-4H3. The Bertz CT molecular complexity index is 1560. The SMILES string of the molecule is C=CCOc1ccc(C2c3c(oc4ccc(C)cc4c3=O)C(=O)N2c2cccc(C)n2)cc1OCC. The fourth-order valence-corrected chi connectivity index (χ4v) is 4.53. The third-order valence-electron chi connectivity index (χ3n) is 6.09. The predicted octanol–water partition coefficient (Wildman–Crippen LogP) is 5.52. The molecule has 182 valence electrons. The van der Waals surface area contributed by atoms with Gasteiger partial charge in [-0.3, -0.25) is 14.5 Å². The van der Waals surface area contributed by atoms with E-state index in [2.05, 4.69) is 11.6 Å². The Kier molecular flexibility index (Phi) is 6.06. The second-order valence-corrected chi connectivity index (χ2v) is 8.63. The van der Waals surface area contributed by atoms with Crippen molar-refractivity contribution >= 4 is 22.7 Å². The molecule has 2 aromatic heterocycles. The predicted molar refractivity (Wildman–Crippen MR) is 138 cm³/mol. The van der Waals surface area contributed by atoms with Gasteiger partial charge in [0, 0.05) is 5.69 Å². The molecule has 1 unspecified atom stereocenters. The van der Waals surface area contributed by atoms with E-state index in [1.165, 1.54) is 4.90 Å². The second kappa shape index (κ2) is 9.34. The monoisotopic (exact) mass is 482 g/mol. The largest absolute Gasteiger partial charge is 0.490 e. The summed E-state index contributed by atoms with van der Waals surface area (Å²) in [6.45, 7) is 10.1. The number of aryl methyl sites for hydroxylation is 2. The van der Waals surface area contributed by atoms with E-state index in [1.54, 1.807) is 36.4 Å². The van der Waals surface area contributed by atoms with Gasteiger partial charge in [-0.05, 0) is 62.7 Å². The second-order valence-electron chi connectivity index (χ2n) is 8.63. The van der Waals surface area contributed by atoms with Crippen molar-refractivity contribution in [3.63, 3.8) is 0 Å². The molecule has 2 aromatic carbocycles. The van der Waals surface area contributed by atoms with Crippen molar-refractivity contribution < 1.29 is 18.7 Å². The van der Waals surface area contributed by atoms with Gasteiger partial charge in [-0.25, -0.2) is 4.98 Å². The Morgan fingerprint density at radius 1 is 1.06 bits per heavy atom. The number of anilines is 1. The van der Waals surface area contributed by atoms with Crippen LogP contribution in [0.4, 0.5) is 5.82 Å². The van der Waals surface area contributed by atoms with E-state index < -0.39 is 11.9 Å². The lowest BCUT2D eigenvalue weighted by atomic mass is 9.97. The van der Waals surface area contributed by atoms with E-state index in [0.29, 0.717) is 47.1 Å². The molecule has 1 amide bonds. The van der Waals surface area contributed by atoms with Gasteiger partial charge in [0.15, 0.2) is 16.9 Å². The zero-order valence-corrected chi connectivity index (χ0v) is 20.4. The number of fused-ring (bicyclic) bond motifs is 2. The summed E-state index contributed by atoms with van der Waals surface area (Å²) in [5.74, 6) is 1.09. The third-order valence-corrected chi connectivity index (χ3v) is 6.09. The number of carbonyl (C=O) groups is 1. The zero-order chi connectivity index (χ0) is 25.4. The van der Waals surface area contributed by atoms with Crippen molar-refractivity contribution in [2.75, 3.05) is 18.1 Å². The van der Waals surface area contributed by atoms with Crippen LogP contribution < -0.4 is 19.8 Å². The molecule has 0 saturated heterocycles. The Morgan fingerprint density at radius 3 is 2.64 bits per heavy atom. The molecule has 1 aliphatic heterocycles. The van der Waals surface area contributed by atoms with Gasteiger partial charge in [0.2, 0.25) is 5.76 Å². The first-order valence-electron chi connectivity index (χ1n) is 11.8. The number of benzene rings is 2. The molecule has 0 saturated carbocycles. The summed E-state index contributed by atoms with van der Waals surface area (Å²) in [5, 5.41) is 0.432. The van der Waals surface area contributed by atoms with Crippen molar-refractivity contribution in [3.05, 3.63) is 106 Å². The van der Waals surface area contributed by atoms with Gasteiger partial charge in [0.05, 0.1) is 23.6 Å². The molecule has 7 nitrogen and oxygen atoms in total. The maximum Gasteiger partial charge on any atom is 0.296 e. The smallest absolute Gasteiger partial charge is 0.296 e. The molecule has 4 aromatic rings. The van der Waals surface area contributed by atoms with Gasteiger partial charge in [0.1, 0.15) is 18.0 Å². The summed E-state index contributed by atoms with van der Waals surface area (Å²) in [5.41, 5.74) is 2.77. The summed E-state index contributed by atoms with van der Waals surface area (Å²) in [6.07, 6.45) is 1.65. The molecule has 0 fully saturated rings. The minimum atomic E-state index is -0.754. The highest BCUT2D eigenvalue weighted by molar-refractivity contribution is 6.10. The first kappa shape index (κ1) is 23.4.